The Morgan fingerprint density at radius 2 is 1.80 bits per heavy atom. The first-order valence-corrected chi connectivity index (χ1v) is 6.93. The van der Waals surface area contributed by atoms with E-state index in [0.717, 1.165) is 12.0 Å². The molecule has 1 N–H and O–H groups in total. The van der Waals surface area contributed by atoms with Crippen LogP contribution in [0.4, 0.5) is 0 Å². The van der Waals surface area contributed by atoms with Crippen molar-refractivity contribution in [2.24, 2.45) is 0 Å². The van der Waals surface area contributed by atoms with E-state index in [1.54, 1.807) is 6.07 Å². The second-order valence-electron chi connectivity index (χ2n) is 4.96. The van der Waals surface area contributed by atoms with Crippen molar-refractivity contribution in [2.45, 2.75) is 25.2 Å². The Hall–Kier alpha value is -1.75. The van der Waals surface area contributed by atoms with Crippen LogP contribution in [0.3, 0.4) is 0 Å². The number of ether oxygens (including phenoxy) is 2. The Balaban J connectivity index is 1.94. The fraction of sp³-hybridized carbons (Fsp3) is 0.429. The molecule has 0 radical (unpaired) electrons. The Labute approximate surface area is 121 Å². The third-order valence-electron chi connectivity index (χ3n) is 3.44. The highest BCUT2D eigenvalue weighted by Crippen LogP contribution is 2.41. The van der Waals surface area contributed by atoms with Crippen molar-refractivity contribution in [3.8, 4) is 11.5 Å². The number of halogens is 1. The van der Waals surface area contributed by atoms with Gasteiger partial charge in [-0.2, -0.15) is 0 Å². The monoisotopic (exact) mass is 295 g/mol. The van der Waals surface area contributed by atoms with E-state index in [-0.39, 0.29) is 30.6 Å². The molecule has 0 atom stereocenters. The normalized spacial score (nSPS) is 19.4. The fourth-order valence-electron chi connectivity index (χ4n) is 2.50. The first-order valence-electron chi connectivity index (χ1n) is 6.55. The highest BCUT2D eigenvalue weighted by molar-refractivity contribution is 6.32. The molecule has 0 spiro atoms. The number of fused-ring (bicyclic) bond motifs is 1. The fourth-order valence-corrected chi connectivity index (χ4v) is 2.77. The maximum Gasteiger partial charge on any atom is 0.227 e. The van der Waals surface area contributed by atoms with E-state index < -0.39 is 0 Å². The summed E-state index contributed by atoms with van der Waals surface area (Å²) in [5, 5.41) is 2.76. The quantitative estimate of drug-likeness (QED) is 0.805. The molecule has 2 aliphatic rings. The molecule has 0 aliphatic carbocycles. The average molecular weight is 296 g/mol. The zero-order chi connectivity index (χ0) is 14.1. The zero-order valence-electron chi connectivity index (χ0n) is 10.8. The number of amides is 2. The van der Waals surface area contributed by atoms with Gasteiger partial charge in [0.05, 0.1) is 18.2 Å². The summed E-state index contributed by atoms with van der Waals surface area (Å²) in [7, 11) is 0. The van der Waals surface area contributed by atoms with Gasteiger partial charge in [-0.3, -0.25) is 14.9 Å². The first-order chi connectivity index (χ1) is 9.63. The molecule has 1 saturated heterocycles. The molecule has 2 aliphatic heterocycles. The summed E-state index contributed by atoms with van der Waals surface area (Å²) in [6.45, 7) is 1.13. The number of carbonyl (C=O) groups is 2. The SMILES string of the molecule is O=C1CC(c2cc(Cl)c3c(c2)OCCCO3)CC(=O)N1. The highest BCUT2D eigenvalue weighted by atomic mass is 35.5. The molecule has 3 rings (SSSR count). The van der Waals surface area contributed by atoms with Crippen LogP contribution >= 0.6 is 11.6 Å². The lowest BCUT2D eigenvalue weighted by Gasteiger charge is -2.22. The number of imide groups is 1. The summed E-state index contributed by atoms with van der Waals surface area (Å²) in [6, 6.07) is 3.58. The molecule has 1 fully saturated rings. The van der Waals surface area contributed by atoms with Gasteiger partial charge in [0, 0.05) is 25.2 Å². The smallest absolute Gasteiger partial charge is 0.227 e. The van der Waals surface area contributed by atoms with Crippen LogP contribution in [0.5, 0.6) is 11.5 Å². The predicted molar refractivity (Wildman–Crippen MR) is 72.2 cm³/mol. The topological polar surface area (TPSA) is 64.6 Å². The molecule has 2 heterocycles. The Bertz CT molecular complexity index is 557. The van der Waals surface area contributed by atoms with Gasteiger partial charge in [0.2, 0.25) is 11.8 Å². The number of hydrogen-bond acceptors (Lipinski definition) is 4. The van der Waals surface area contributed by atoms with E-state index in [1.807, 2.05) is 6.07 Å². The van der Waals surface area contributed by atoms with Crippen LogP contribution in [0.15, 0.2) is 12.1 Å². The van der Waals surface area contributed by atoms with E-state index in [4.69, 9.17) is 21.1 Å². The van der Waals surface area contributed by atoms with Gasteiger partial charge in [0.1, 0.15) is 0 Å². The van der Waals surface area contributed by atoms with Crippen LogP contribution < -0.4 is 14.8 Å². The van der Waals surface area contributed by atoms with Crippen LogP contribution in [0.1, 0.15) is 30.7 Å². The van der Waals surface area contributed by atoms with Crippen LogP contribution in [0.25, 0.3) is 0 Å². The number of carbonyl (C=O) groups excluding carboxylic acids is 2. The average Bonchev–Trinajstić information content (AvgIpc) is 2.63. The predicted octanol–water partition coefficient (Wildman–Crippen LogP) is 2.02. The second-order valence-corrected chi connectivity index (χ2v) is 5.36. The third-order valence-corrected chi connectivity index (χ3v) is 3.72. The Morgan fingerprint density at radius 3 is 2.55 bits per heavy atom. The minimum atomic E-state index is -0.255. The second kappa shape index (κ2) is 5.32. The molecule has 5 nitrogen and oxygen atoms in total. The number of rotatable bonds is 1. The van der Waals surface area contributed by atoms with Crippen molar-refractivity contribution in [2.75, 3.05) is 13.2 Å². The molecule has 0 bridgehead atoms. The van der Waals surface area contributed by atoms with E-state index in [2.05, 4.69) is 5.32 Å². The van der Waals surface area contributed by atoms with Gasteiger partial charge in [-0.1, -0.05) is 11.6 Å². The van der Waals surface area contributed by atoms with Crippen molar-refractivity contribution < 1.29 is 19.1 Å². The summed E-state index contributed by atoms with van der Waals surface area (Å²) in [4.78, 5) is 22.9. The van der Waals surface area contributed by atoms with Gasteiger partial charge in [0.25, 0.3) is 0 Å². The van der Waals surface area contributed by atoms with Crippen LogP contribution in [0, 0.1) is 0 Å². The van der Waals surface area contributed by atoms with E-state index in [1.165, 1.54) is 0 Å². The van der Waals surface area contributed by atoms with Crippen molar-refractivity contribution in [3.05, 3.63) is 22.7 Å². The third kappa shape index (κ3) is 2.58. The summed E-state index contributed by atoms with van der Waals surface area (Å²) < 4.78 is 11.2. The van der Waals surface area contributed by atoms with Gasteiger partial charge < -0.3 is 9.47 Å². The Kier molecular flexibility index (Phi) is 3.53. The summed E-state index contributed by atoms with van der Waals surface area (Å²) in [6.07, 6.45) is 1.36. The van der Waals surface area contributed by atoms with E-state index >= 15 is 0 Å². The van der Waals surface area contributed by atoms with Crippen molar-refractivity contribution in [1.82, 2.24) is 5.32 Å². The molecular weight excluding hydrogens is 282 g/mol. The number of benzene rings is 1. The molecule has 106 valence electrons. The number of nitrogens with one attached hydrogen (secondary N) is 1. The molecule has 6 heteroatoms. The van der Waals surface area contributed by atoms with Gasteiger partial charge in [-0.25, -0.2) is 0 Å². The van der Waals surface area contributed by atoms with Crippen molar-refractivity contribution in [1.29, 1.82) is 0 Å². The summed E-state index contributed by atoms with van der Waals surface area (Å²) in [5.74, 6) is 0.456. The molecule has 20 heavy (non-hydrogen) atoms. The molecule has 1 aromatic rings. The van der Waals surface area contributed by atoms with E-state index in [0.29, 0.717) is 29.7 Å². The minimum absolute atomic E-state index is 0.161. The molecule has 0 saturated carbocycles. The largest absolute Gasteiger partial charge is 0.489 e. The van der Waals surface area contributed by atoms with Gasteiger partial charge in [0.15, 0.2) is 11.5 Å². The summed E-state index contributed by atoms with van der Waals surface area (Å²) >= 11 is 6.22. The summed E-state index contributed by atoms with van der Waals surface area (Å²) in [5.41, 5.74) is 0.836. The number of hydrogen-bond donors (Lipinski definition) is 1. The molecule has 0 aromatic heterocycles. The Morgan fingerprint density at radius 1 is 1.10 bits per heavy atom. The maximum absolute atomic E-state index is 11.5. The molecule has 2 amide bonds. The highest BCUT2D eigenvalue weighted by Gasteiger charge is 2.28. The first kappa shape index (κ1) is 13.2. The number of piperidine rings is 1. The molecule has 1 aromatic carbocycles. The van der Waals surface area contributed by atoms with Gasteiger partial charge >= 0.3 is 0 Å². The van der Waals surface area contributed by atoms with Crippen molar-refractivity contribution >= 4 is 23.4 Å². The lowest BCUT2D eigenvalue weighted by Crippen LogP contribution is -2.37. The van der Waals surface area contributed by atoms with Crippen molar-refractivity contribution in [3.63, 3.8) is 0 Å². The maximum atomic E-state index is 11.5. The van der Waals surface area contributed by atoms with Crippen LogP contribution in [-0.4, -0.2) is 25.0 Å². The van der Waals surface area contributed by atoms with Crippen LogP contribution in [-0.2, 0) is 9.59 Å². The van der Waals surface area contributed by atoms with Gasteiger partial charge in [-0.15, -0.1) is 0 Å². The van der Waals surface area contributed by atoms with Crippen LogP contribution in [0.2, 0.25) is 5.02 Å². The minimum Gasteiger partial charge on any atom is -0.489 e. The lowest BCUT2D eigenvalue weighted by atomic mass is 9.89. The van der Waals surface area contributed by atoms with E-state index in [9.17, 15) is 9.59 Å². The molecule has 0 unspecified atom stereocenters. The van der Waals surface area contributed by atoms with Gasteiger partial charge in [-0.05, 0) is 17.7 Å². The standard InChI is InChI=1S/C14H14ClNO4/c15-10-4-8(9-6-12(17)16-13(18)7-9)5-11-14(10)20-3-1-2-19-11/h4-5,9H,1-3,6-7H2,(H,16,17,18). The lowest BCUT2D eigenvalue weighted by molar-refractivity contribution is -0.133. The molecular formula is C14H14ClNO4. The zero-order valence-corrected chi connectivity index (χ0v) is 11.5.